The third kappa shape index (κ3) is 4.19. The van der Waals surface area contributed by atoms with Crippen LogP contribution < -0.4 is 10.2 Å². The van der Waals surface area contributed by atoms with E-state index in [1.54, 1.807) is 0 Å². The number of hydrogen-bond acceptors (Lipinski definition) is 5. The lowest BCUT2D eigenvalue weighted by Crippen LogP contribution is -2.54. The van der Waals surface area contributed by atoms with Crippen molar-refractivity contribution in [2.45, 2.75) is 25.9 Å². The van der Waals surface area contributed by atoms with Gasteiger partial charge >= 0.3 is 0 Å². The first-order valence-electron chi connectivity index (χ1n) is 9.27. The van der Waals surface area contributed by atoms with Gasteiger partial charge in [0.25, 0.3) is 0 Å². The zero-order valence-corrected chi connectivity index (χ0v) is 18.1. The number of aromatic nitrogens is 3. The van der Waals surface area contributed by atoms with Gasteiger partial charge in [-0.1, -0.05) is 51.8 Å². The molecule has 0 saturated carbocycles. The predicted molar refractivity (Wildman–Crippen MR) is 118 cm³/mol. The Morgan fingerprint density at radius 2 is 1.54 bits per heavy atom. The van der Waals surface area contributed by atoms with E-state index < -0.39 is 0 Å². The number of rotatable bonds is 3. The van der Waals surface area contributed by atoms with Crippen LogP contribution >= 0.6 is 27.5 Å². The molecule has 2 heterocycles. The molecule has 144 valence electrons. The van der Waals surface area contributed by atoms with E-state index in [0.717, 1.165) is 40.2 Å². The first-order valence-corrected chi connectivity index (χ1v) is 10.4. The second-order valence-electron chi connectivity index (χ2n) is 7.20. The molecule has 5 nitrogen and oxygen atoms in total. The van der Waals surface area contributed by atoms with Crippen LogP contribution in [0.25, 0.3) is 22.6 Å². The number of nitrogens with one attached hydrogen (secondary N) is 1. The number of halogens is 2. The molecule has 0 radical (unpaired) electrons. The van der Waals surface area contributed by atoms with Crippen molar-refractivity contribution in [3.8, 4) is 22.6 Å². The van der Waals surface area contributed by atoms with Gasteiger partial charge in [-0.3, -0.25) is 0 Å². The van der Waals surface area contributed by atoms with Gasteiger partial charge in [-0.15, -0.1) is 10.2 Å². The minimum Gasteiger partial charge on any atom is -0.352 e. The Balaban J connectivity index is 1.81. The number of hydrogen-bond donors (Lipinski definition) is 1. The van der Waals surface area contributed by atoms with Crippen LogP contribution in [-0.2, 0) is 0 Å². The molecule has 28 heavy (non-hydrogen) atoms. The lowest BCUT2D eigenvalue weighted by molar-refractivity contribution is 0.405. The molecule has 4 rings (SSSR count). The quantitative estimate of drug-likeness (QED) is 0.610. The van der Waals surface area contributed by atoms with Crippen molar-refractivity contribution in [2.24, 2.45) is 0 Å². The Labute approximate surface area is 178 Å². The zero-order chi connectivity index (χ0) is 19.7. The number of piperazine rings is 1. The maximum absolute atomic E-state index is 6.07. The normalized spacial score (nSPS) is 19.6. The Hall–Kier alpha value is -2.02. The van der Waals surface area contributed by atoms with Crippen molar-refractivity contribution in [2.75, 3.05) is 18.0 Å². The minimum absolute atomic E-state index is 0.368. The highest BCUT2D eigenvalue weighted by molar-refractivity contribution is 9.10. The van der Waals surface area contributed by atoms with Crippen molar-refractivity contribution in [3.63, 3.8) is 0 Å². The Morgan fingerprint density at radius 1 is 0.929 bits per heavy atom. The number of anilines is 1. The summed E-state index contributed by atoms with van der Waals surface area (Å²) in [5.41, 5.74) is 2.68. The maximum Gasteiger partial charge on any atom is 0.183 e. The van der Waals surface area contributed by atoms with Crippen LogP contribution in [-0.4, -0.2) is 40.4 Å². The fourth-order valence-corrected chi connectivity index (χ4v) is 3.94. The van der Waals surface area contributed by atoms with E-state index >= 15 is 0 Å². The number of nitrogens with zero attached hydrogens (tertiary/aromatic N) is 4. The summed E-state index contributed by atoms with van der Waals surface area (Å²) in [5, 5.41) is 13.3. The fraction of sp³-hybridized carbons (Fsp3) is 0.286. The third-order valence-corrected chi connectivity index (χ3v) is 5.53. The summed E-state index contributed by atoms with van der Waals surface area (Å²) in [6.07, 6.45) is 0. The summed E-state index contributed by atoms with van der Waals surface area (Å²) in [4.78, 5) is 7.24. The van der Waals surface area contributed by atoms with Crippen molar-refractivity contribution >= 4 is 33.3 Å². The molecule has 0 unspecified atom stereocenters. The molecular weight excluding hydrogens is 438 g/mol. The van der Waals surface area contributed by atoms with Gasteiger partial charge in [0.15, 0.2) is 11.6 Å². The molecule has 1 aliphatic rings. The van der Waals surface area contributed by atoms with Crippen LogP contribution in [0.5, 0.6) is 0 Å². The molecule has 1 aromatic heterocycles. The zero-order valence-electron chi connectivity index (χ0n) is 15.7. The van der Waals surface area contributed by atoms with E-state index in [1.165, 1.54) is 0 Å². The average molecular weight is 459 g/mol. The molecule has 1 fully saturated rings. The molecule has 1 saturated heterocycles. The molecule has 0 spiro atoms. The van der Waals surface area contributed by atoms with Crippen LogP contribution in [0.2, 0.25) is 5.02 Å². The summed E-state index contributed by atoms with van der Waals surface area (Å²) >= 11 is 9.54. The average Bonchev–Trinajstić information content (AvgIpc) is 2.68. The lowest BCUT2D eigenvalue weighted by Gasteiger charge is -2.37. The second kappa shape index (κ2) is 8.15. The fourth-order valence-electron chi connectivity index (χ4n) is 3.55. The largest absolute Gasteiger partial charge is 0.352 e. The summed E-state index contributed by atoms with van der Waals surface area (Å²) < 4.78 is 1.02. The standard InChI is InChI=1S/C21H21BrClN5/c1-13-11-28(12-14(2)24-13)21-19(15-5-9-18(23)10-6-15)26-27-20(25-21)16-3-7-17(22)8-4-16/h3-10,13-14,24H,11-12H2,1-2H3/t13-,14+. The molecule has 3 aromatic rings. The second-order valence-corrected chi connectivity index (χ2v) is 8.55. The van der Waals surface area contributed by atoms with Crippen LogP contribution in [0.3, 0.4) is 0 Å². The van der Waals surface area contributed by atoms with Gasteiger partial charge in [0, 0.05) is 45.8 Å². The number of benzene rings is 2. The van der Waals surface area contributed by atoms with E-state index in [4.69, 9.17) is 16.6 Å². The summed E-state index contributed by atoms with van der Waals surface area (Å²) in [7, 11) is 0. The SMILES string of the molecule is C[C@@H]1CN(c2nc(-c3ccc(Br)cc3)nnc2-c2ccc(Cl)cc2)C[C@H](C)N1. The molecule has 2 aromatic carbocycles. The Morgan fingerprint density at radius 3 is 2.18 bits per heavy atom. The van der Waals surface area contributed by atoms with E-state index in [9.17, 15) is 0 Å². The summed E-state index contributed by atoms with van der Waals surface area (Å²) in [5.74, 6) is 1.48. The van der Waals surface area contributed by atoms with Gasteiger partial charge in [-0.25, -0.2) is 4.98 Å². The minimum atomic E-state index is 0.368. The van der Waals surface area contributed by atoms with Crippen LogP contribution in [0.4, 0.5) is 5.82 Å². The summed E-state index contributed by atoms with van der Waals surface area (Å²) in [6.45, 7) is 6.11. The molecule has 0 amide bonds. The van der Waals surface area contributed by atoms with Gasteiger partial charge in [0.05, 0.1) is 0 Å². The smallest absolute Gasteiger partial charge is 0.183 e. The van der Waals surface area contributed by atoms with Crippen molar-refractivity contribution in [1.82, 2.24) is 20.5 Å². The first-order chi connectivity index (χ1) is 13.5. The van der Waals surface area contributed by atoms with Crippen molar-refractivity contribution in [3.05, 3.63) is 58.0 Å². The molecule has 1 N–H and O–H groups in total. The predicted octanol–water partition coefficient (Wildman–Crippen LogP) is 4.81. The van der Waals surface area contributed by atoms with Gasteiger partial charge in [-0.05, 0) is 38.1 Å². The van der Waals surface area contributed by atoms with Crippen LogP contribution in [0, 0.1) is 0 Å². The highest BCUT2D eigenvalue weighted by Crippen LogP contribution is 2.31. The highest BCUT2D eigenvalue weighted by Gasteiger charge is 2.26. The highest BCUT2D eigenvalue weighted by atomic mass is 79.9. The molecule has 2 atom stereocenters. The topological polar surface area (TPSA) is 53.9 Å². The molecule has 0 bridgehead atoms. The van der Waals surface area contributed by atoms with E-state index in [1.807, 2.05) is 48.5 Å². The molecular formula is C21H21BrClN5. The summed E-state index contributed by atoms with van der Waals surface area (Å²) in [6, 6.07) is 16.4. The van der Waals surface area contributed by atoms with Crippen molar-refractivity contribution in [1.29, 1.82) is 0 Å². The van der Waals surface area contributed by atoms with Crippen molar-refractivity contribution < 1.29 is 0 Å². The Kier molecular flexibility index (Phi) is 5.62. The van der Waals surface area contributed by atoms with E-state index in [-0.39, 0.29) is 0 Å². The lowest BCUT2D eigenvalue weighted by atomic mass is 10.1. The molecule has 1 aliphatic heterocycles. The van der Waals surface area contributed by atoms with Gasteiger partial charge in [0.2, 0.25) is 0 Å². The molecule has 7 heteroatoms. The van der Waals surface area contributed by atoms with Gasteiger partial charge in [0.1, 0.15) is 5.69 Å². The van der Waals surface area contributed by atoms with Gasteiger partial charge in [-0.2, -0.15) is 0 Å². The van der Waals surface area contributed by atoms with Gasteiger partial charge < -0.3 is 10.2 Å². The van der Waals surface area contributed by atoms with Crippen LogP contribution in [0.1, 0.15) is 13.8 Å². The monoisotopic (exact) mass is 457 g/mol. The first kappa shape index (κ1) is 19.3. The van der Waals surface area contributed by atoms with Crippen LogP contribution in [0.15, 0.2) is 53.0 Å². The Bertz CT molecular complexity index is 952. The molecule has 0 aliphatic carbocycles. The van der Waals surface area contributed by atoms with E-state index in [0.29, 0.717) is 22.9 Å². The maximum atomic E-state index is 6.07. The third-order valence-electron chi connectivity index (χ3n) is 4.75. The van der Waals surface area contributed by atoms with E-state index in [2.05, 4.69) is 50.2 Å².